The van der Waals surface area contributed by atoms with Gasteiger partial charge in [-0.25, -0.2) is 4.98 Å². The maximum Gasteiger partial charge on any atom is 0.230 e. The molecule has 1 aromatic carbocycles. The van der Waals surface area contributed by atoms with Crippen LogP contribution in [0.3, 0.4) is 0 Å². The van der Waals surface area contributed by atoms with Crippen LogP contribution in [-0.4, -0.2) is 45.1 Å². The molecule has 0 spiro atoms. The molecule has 4 rings (SSSR count). The van der Waals surface area contributed by atoms with Crippen LogP contribution in [0.4, 0.5) is 5.69 Å². The van der Waals surface area contributed by atoms with Gasteiger partial charge in [0.1, 0.15) is 5.75 Å². The Morgan fingerprint density at radius 3 is 2.72 bits per heavy atom. The molecule has 32 heavy (non-hydrogen) atoms. The number of benzene rings is 1. The minimum Gasteiger partial charge on any atom is -0.497 e. The van der Waals surface area contributed by atoms with Crippen LogP contribution in [0, 0.1) is 12.8 Å². The molecule has 168 valence electrons. The van der Waals surface area contributed by atoms with E-state index in [0.717, 1.165) is 40.9 Å². The molecule has 3 aromatic rings. The number of nitrogens with zero attached hydrogens (tertiary/aromatic N) is 4. The summed E-state index contributed by atoms with van der Waals surface area (Å²) in [7, 11) is 3.46. The highest BCUT2D eigenvalue weighted by molar-refractivity contribution is 5.99. The molecule has 1 aliphatic heterocycles. The lowest BCUT2D eigenvalue weighted by atomic mass is 9.92. The van der Waals surface area contributed by atoms with Crippen molar-refractivity contribution >= 4 is 28.5 Å². The summed E-state index contributed by atoms with van der Waals surface area (Å²) >= 11 is 0. The van der Waals surface area contributed by atoms with Crippen molar-refractivity contribution in [1.29, 1.82) is 0 Å². The van der Waals surface area contributed by atoms with Crippen LogP contribution in [0.25, 0.3) is 11.0 Å². The van der Waals surface area contributed by atoms with Gasteiger partial charge < -0.3 is 15.0 Å². The van der Waals surface area contributed by atoms with Gasteiger partial charge in [-0.15, -0.1) is 0 Å². The number of aromatic nitrogens is 3. The van der Waals surface area contributed by atoms with Gasteiger partial charge in [0.25, 0.3) is 0 Å². The van der Waals surface area contributed by atoms with Crippen molar-refractivity contribution in [1.82, 2.24) is 19.7 Å². The summed E-state index contributed by atoms with van der Waals surface area (Å²) in [4.78, 5) is 32.5. The number of rotatable bonds is 7. The number of ether oxygens (including phenoxy) is 1. The maximum absolute atomic E-state index is 13.3. The molecule has 1 aliphatic rings. The standard InChI is InChI=1S/C24H29N5O3/c1-5-6-11-29-21(30)13-20(22(29)16-7-9-18(32-4)10-8-16)24(31)26-17-12-19-15(2)27-28(3)23(19)25-14-17/h7-10,12,14,20,22H,5-6,11,13H2,1-4H3,(H,26,31)/t20-,22-/m0/s1. The first kappa shape index (κ1) is 21.8. The number of hydrogen-bond donors (Lipinski definition) is 1. The van der Waals surface area contributed by atoms with Gasteiger partial charge in [-0.2, -0.15) is 5.10 Å². The van der Waals surface area contributed by atoms with Crippen molar-refractivity contribution in [3.63, 3.8) is 0 Å². The number of carbonyl (C=O) groups is 2. The second-order valence-corrected chi connectivity index (χ2v) is 8.26. The van der Waals surface area contributed by atoms with E-state index in [-0.39, 0.29) is 24.3 Å². The molecule has 1 saturated heterocycles. The summed E-state index contributed by atoms with van der Waals surface area (Å²) in [6.45, 7) is 4.64. The molecule has 8 heteroatoms. The van der Waals surface area contributed by atoms with Crippen molar-refractivity contribution in [2.75, 3.05) is 19.0 Å². The van der Waals surface area contributed by atoms with Crippen LogP contribution >= 0.6 is 0 Å². The monoisotopic (exact) mass is 435 g/mol. The van der Waals surface area contributed by atoms with Crippen LogP contribution in [0.15, 0.2) is 36.5 Å². The topological polar surface area (TPSA) is 89.4 Å². The molecule has 1 fully saturated rings. The number of unbranched alkanes of at least 4 members (excludes halogenated alkanes) is 1. The summed E-state index contributed by atoms with van der Waals surface area (Å²) in [5.41, 5.74) is 3.15. The van der Waals surface area contributed by atoms with E-state index in [1.54, 1.807) is 18.0 Å². The Bertz CT molecular complexity index is 1140. The molecule has 2 atom stereocenters. The van der Waals surface area contributed by atoms with Crippen molar-refractivity contribution in [3.05, 3.63) is 47.8 Å². The van der Waals surface area contributed by atoms with E-state index in [2.05, 4.69) is 22.3 Å². The van der Waals surface area contributed by atoms with E-state index in [0.29, 0.717) is 12.2 Å². The SMILES string of the molecule is CCCCN1C(=O)C[C@H](C(=O)Nc2cnc3c(c2)c(C)nn3C)[C@@H]1c1ccc(OC)cc1. The van der Waals surface area contributed by atoms with E-state index in [1.165, 1.54) is 0 Å². The first-order chi connectivity index (χ1) is 15.4. The zero-order valence-electron chi connectivity index (χ0n) is 19.0. The highest BCUT2D eigenvalue weighted by Crippen LogP contribution is 2.39. The van der Waals surface area contributed by atoms with Gasteiger partial charge >= 0.3 is 0 Å². The maximum atomic E-state index is 13.3. The molecule has 2 amide bonds. The Hall–Kier alpha value is -3.42. The van der Waals surface area contributed by atoms with Gasteiger partial charge in [0.05, 0.1) is 36.6 Å². The number of amides is 2. The predicted octanol–water partition coefficient (Wildman–Crippen LogP) is 3.61. The molecular weight excluding hydrogens is 406 g/mol. The number of likely N-dealkylation sites (tertiary alicyclic amines) is 1. The van der Waals surface area contributed by atoms with Crippen molar-refractivity contribution in [3.8, 4) is 5.75 Å². The first-order valence-electron chi connectivity index (χ1n) is 11.0. The zero-order valence-corrected chi connectivity index (χ0v) is 19.0. The molecule has 0 saturated carbocycles. The van der Waals surface area contributed by atoms with Crippen LogP contribution in [-0.2, 0) is 16.6 Å². The van der Waals surface area contributed by atoms with E-state index in [9.17, 15) is 9.59 Å². The highest BCUT2D eigenvalue weighted by Gasteiger charge is 2.44. The fourth-order valence-electron chi connectivity index (χ4n) is 4.44. The molecule has 0 radical (unpaired) electrons. The third kappa shape index (κ3) is 4.04. The quantitative estimate of drug-likeness (QED) is 0.612. The lowest BCUT2D eigenvalue weighted by Crippen LogP contribution is -2.33. The van der Waals surface area contributed by atoms with Gasteiger partial charge in [0.2, 0.25) is 11.8 Å². The van der Waals surface area contributed by atoms with Crippen LogP contribution in [0.5, 0.6) is 5.75 Å². The summed E-state index contributed by atoms with van der Waals surface area (Å²) in [6, 6.07) is 9.19. The summed E-state index contributed by atoms with van der Waals surface area (Å²) < 4.78 is 6.99. The molecule has 0 unspecified atom stereocenters. The third-order valence-electron chi connectivity index (χ3n) is 6.11. The normalized spacial score (nSPS) is 18.4. The molecule has 0 bridgehead atoms. The van der Waals surface area contributed by atoms with Gasteiger partial charge in [-0.1, -0.05) is 25.5 Å². The van der Waals surface area contributed by atoms with E-state index in [1.807, 2.05) is 49.2 Å². The number of carbonyl (C=O) groups excluding carboxylic acids is 2. The smallest absolute Gasteiger partial charge is 0.230 e. The average molecular weight is 436 g/mol. The summed E-state index contributed by atoms with van der Waals surface area (Å²) in [6.07, 6.45) is 3.70. The highest BCUT2D eigenvalue weighted by atomic mass is 16.5. The Balaban J connectivity index is 1.62. The number of nitrogens with one attached hydrogen (secondary N) is 1. The van der Waals surface area contributed by atoms with E-state index >= 15 is 0 Å². The fourth-order valence-corrected chi connectivity index (χ4v) is 4.44. The Morgan fingerprint density at radius 1 is 1.28 bits per heavy atom. The van der Waals surface area contributed by atoms with Gasteiger partial charge in [0, 0.05) is 25.4 Å². The lowest BCUT2D eigenvalue weighted by molar-refractivity contribution is -0.129. The molecule has 1 N–H and O–H groups in total. The van der Waals surface area contributed by atoms with Crippen molar-refractivity contribution < 1.29 is 14.3 Å². The Morgan fingerprint density at radius 2 is 2.03 bits per heavy atom. The lowest BCUT2D eigenvalue weighted by Gasteiger charge is -2.28. The Kier molecular flexibility index (Phi) is 6.12. The second-order valence-electron chi connectivity index (χ2n) is 8.26. The van der Waals surface area contributed by atoms with Gasteiger partial charge in [-0.05, 0) is 37.1 Å². The number of anilines is 1. The second kappa shape index (κ2) is 8.98. The van der Waals surface area contributed by atoms with Crippen molar-refractivity contribution in [2.24, 2.45) is 13.0 Å². The van der Waals surface area contributed by atoms with Crippen molar-refractivity contribution in [2.45, 2.75) is 39.2 Å². The van der Waals surface area contributed by atoms with Crippen LogP contribution in [0.1, 0.15) is 43.5 Å². The largest absolute Gasteiger partial charge is 0.497 e. The van der Waals surface area contributed by atoms with Crippen LogP contribution < -0.4 is 10.1 Å². The first-order valence-corrected chi connectivity index (χ1v) is 11.0. The predicted molar refractivity (Wildman–Crippen MR) is 122 cm³/mol. The number of hydrogen-bond acceptors (Lipinski definition) is 5. The average Bonchev–Trinajstić information content (AvgIpc) is 3.27. The molecule has 3 heterocycles. The summed E-state index contributed by atoms with van der Waals surface area (Å²) in [5.74, 6) is 0.0841. The Labute approximate surface area is 187 Å². The zero-order chi connectivity index (χ0) is 22.8. The van der Waals surface area contributed by atoms with E-state index in [4.69, 9.17) is 4.74 Å². The number of methoxy groups -OCH3 is 1. The van der Waals surface area contributed by atoms with Gasteiger partial charge in [-0.3, -0.25) is 14.3 Å². The third-order valence-corrected chi connectivity index (χ3v) is 6.11. The fraction of sp³-hybridized carbons (Fsp3) is 0.417. The van der Waals surface area contributed by atoms with Gasteiger partial charge in [0.15, 0.2) is 5.65 Å². The molecule has 0 aliphatic carbocycles. The molecular formula is C24H29N5O3. The van der Waals surface area contributed by atoms with Crippen LogP contribution in [0.2, 0.25) is 0 Å². The molecule has 2 aromatic heterocycles. The summed E-state index contributed by atoms with van der Waals surface area (Å²) in [5, 5.41) is 8.26. The number of pyridine rings is 1. The minimum atomic E-state index is -0.488. The number of fused-ring (bicyclic) bond motifs is 1. The number of aryl methyl sites for hydroxylation is 2. The van der Waals surface area contributed by atoms with E-state index < -0.39 is 5.92 Å². The molecule has 8 nitrogen and oxygen atoms in total. The minimum absolute atomic E-state index is 0.0103.